The summed E-state index contributed by atoms with van der Waals surface area (Å²) in [6, 6.07) is 0.742. The van der Waals surface area contributed by atoms with Crippen LogP contribution in [0.15, 0.2) is 4.99 Å². The number of rotatable bonds is 7. The van der Waals surface area contributed by atoms with Crippen molar-refractivity contribution in [1.82, 2.24) is 16.0 Å². The van der Waals surface area contributed by atoms with Crippen LogP contribution in [0.2, 0.25) is 0 Å². The Morgan fingerprint density at radius 1 is 1.18 bits per heavy atom. The normalized spacial score (nSPS) is 18.1. The molecule has 1 aliphatic carbocycles. The summed E-state index contributed by atoms with van der Waals surface area (Å²) in [7, 11) is 0. The first-order chi connectivity index (χ1) is 10.5. The Balaban J connectivity index is 2.33. The van der Waals surface area contributed by atoms with E-state index in [1.54, 1.807) is 0 Å². The van der Waals surface area contributed by atoms with E-state index in [1.165, 1.54) is 19.3 Å². The van der Waals surface area contributed by atoms with Crippen LogP contribution < -0.4 is 16.0 Å². The van der Waals surface area contributed by atoms with E-state index in [0.29, 0.717) is 31.0 Å². The van der Waals surface area contributed by atoms with E-state index in [-0.39, 0.29) is 5.91 Å². The molecule has 1 saturated carbocycles. The summed E-state index contributed by atoms with van der Waals surface area (Å²) in [6.07, 6.45) is 6.51. The number of aliphatic imine (C=N–C) groups is 1. The first kappa shape index (κ1) is 18.8. The molecule has 1 aliphatic rings. The molecule has 0 radical (unpaired) electrons. The lowest BCUT2D eigenvalue weighted by Crippen LogP contribution is -2.44. The van der Waals surface area contributed by atoms with E-state index < -0.39 is 0 Å². The Bertz CT molecular complexity index is 349. The summed E-state index contributed by atoms with van der Waals surface area (Å²) >= 11 is 0. The van der Waals surface area contributed by atoms with Gasteiger partial charge in [0.05, 0.1) is 6.54 Å². The van der Waals surface area contributed by atoms with E-state index in [2.05, 4.69) is 41.7 Å². The maximum Gasteiger partial charge on any atom is 0.222 e. The third-order valence-corrected chi connectivity index (χ3v) is 4.29. The van der Waals surface area contributed by atoms with Crippen molar-refractivity contribution in [2.75, 3.05) is 13.1 Å². The Morgan fingerprint density at radius 3 is 2.45 bits per heavy atom. The Hall–Kier alpha value is -1.26. The number of carbonyl (C=O) groups is 1. The first-order valence-corrected chi connectivity index (χ1v) is 8.87. The maximum atomic E-state index is 12.0. The minimum absolute atomic E-state index is 0.128. The molecule has 3 N–H and O–H groups in total. The van der Waals surface area contributed by atoms with Gasteiger partial charge in [0.15, 0.2) is 5.96 Å². The number of guanidine groups is 1. The molecule has 0 aromatic heterocycles. The van der Waals surface area contributed by atoms with Crippen LogP contribution in [0.1, 0.15) is 66.2 Å². The maximum absolute atomic E-state index is 12.0. The van der Waals surface area contributed by atoms with Gasteiger partial charge in [0.2, 0.25) is 5.91 Å². The van der Waals surface area contributed by atoms with E-state index in [0.717, 1.165) is 25.3 Å². The van der Waals surface area contributed by atoms with Gasteiger partial charge in [-0.2, -0.15) is 0 Å². The first-order valence-electron chi connectivity index (χ1n) is 8.87. The van der Waals surface area contributed by atoms with Gasteiger partial charge in [-0.1, -0.05) is 33.1 Å². The van der Waals surface area contributed by atoms with Crippen molar-refractivity contribution in [2.45, 2.75) is 78.3 Å². The second kappa shape index (κ2) is 10.5. The van der Waals surface area contributed by atoms with Gasteiger partial charge in [0.1, 0.15) is 0 Å². The summed E-state index contributed by atoms with van der Waals surface area (Å²) in [5, 5.41) is 9.74. The number of hydrogen-bond donors (Lipinski definition) is 3. The molecule has 5 heteroatoms. The number of nitrogens with zero attached hydrogens (tertiary/aromatic N) is 1. The zero-order chi connectivity index (χ0) is 16.4. The topological polar surface area (TPSA) is 65.5 Å². The van der Waals surface area contributed by atoms with Crippen molar-refractivity contribution in [3.8, 4) is 0 Å². The SMILES string of the molecule is CCNC(=NCCC(=O)NC1CCCCC1)NC(C)C(C)C. The molecule has 1 fully saturated rings. The minimum Gasteiger partial charge on any atom is -0.357 e. The molecule has 1 amide bonds. The van der Waals surface area contributed by atoms with Gasteiger partial charge < -0.3 is 16.0 Å². The minimum atomic E-state index is 0.128. The summed E-state index contributed by atoms with van der Waals surface area (Å²) < 4.78 is 0. The van der Waals surface area contributed by atoms with E-state index in [4.69, 9.17) is 0 Å². The molecule has 1 unspecified atom stereocenters. The molecule has 0 saturated heterocycles. The molecule has 1 atom stereocenters. The highest BCUT2D eigenvalue weighted by Gasteiger charge is 2.15. The second-order valence-electron chi connectivity index (χ2n) is 6.59. The van der Waals surface area contributed by atoms with E-state index in [9.17, 15) is 4.79 Å². The monoisotopic (exact) mass is 310 g/mol. The zero-order valence-electron chi connectivity index (χ0n) is 14.7. The molecule has 1 rings (SSSR count). The highest BCUT2D eigenvalue weighted by molar-refractivity contribution is 5.81. The third-order valence-electron chi connectivity index (χ3n) is 4.29. The lowest BCUT2D eigenvalue weighted by Gasteiger charge is -2.22. The van der Waals surface area contributed by atoms with E-state index in [1.807, 2.05) is 6.92 Å². The fourth-order valence-electron chi connectivity index (χ4n) is 2.52. The van der Waals surface area contributed by atoms with Gasteiger partial charge in [-0.05, 0) is 32.6 Å². The predicted molar refractivity (Wildman–Crippen MR) is 93.0 cm³/mol. The second-order valence-corrected chi connectivity index (χ2v) is 6.59. The molecule has 0 heterocycles. The van der Waals surface area contributed by atoms with Gasteiger partial charge in [-0.25, -0.2) is 0 Å². The summed E-state index contributed by atoms with van der Waals surface area (Å²) in [6.45, 7) is 9.90. The molecule has 0 aromatic carbocycles. The molecule has 0 aliphatic heterocycles. The molecule has 0 aromatic rings. The van der Waals surface area contributed by atoms with Crippen LogP contribution in [0, 0.1) is 5.92 Å². The van der Waals surface area contributed by atoms with Crippen LogP contribution >= 0.6 is 0 Å². The van der Waals surface area contributed by atoms with Gasteiger partial charge in [-0.15, -0.1) is 0 Å². The lowest BCUT2D eigenvalue weighted by molar-refractivity contribution is -0.121. The van der Waals surface area contributed by atoms with Crippen molar-refractivity contribution in [1.29, 1.82) is 0 Å². The summed E-state index contributed by atoms with van der Waals surface area (Å²) in [5.74, 6) is 1.47. The standard InChI is InChI=1S/C17H34N4O/c1-5-18-17(20-14(4)13(2)3)19-12-11-16(22)21-15-9-7-6-8-10-15/h13-15H,5-12H2,1-4H3,(H,21,22)(H2,18,19,20). The van der Waals surface area contributed by atoms with Crippen LogP contribution in [-0.2, 0) is 4.79 Å². The van der Waals surface area contributed by atoms with Crippen LogP contribution in [0.4, 0.5) is 0 Å². The van der Waals surface area contributed by atoms with Crippen molar-refractivity contribution in [2.24, 2.45) is 10.9 Å². The highest BCUT2D eigenvalue weighted by atomic mass is 16.1. The van der Waals surface area contributed by atoms with Crippen molar-refractivity contribution in [3.05, 3.63) is 0 Å². The molecular weight excluding hydrogens is 276 g/mol. The highest BCUT2D eigenvalue weighted by Crippen LogP contribution is 2.17. The van der Waals surface area contributed by atoms with E-state index >= 15 is 0 Å². The quantitative estimate of drug-likeness (QED) is 0.500. The molecule has 0 bridgehead atoms. The molecule has 22 heavy (non-hydrogen) atoms. The molecule has 128 valence electrons. The fraction of sp³-hybridized carbons (Fsp3) is 0.882. The number of amides is 1. The van der Waals surface area contributed by atoms with Crippen molar-refractivity contribution in [3.63, 3.8) is 0 Å². The Kier molecular flexibility index (Phi) is 8.94. The van der Waals surface area contributed by atoms with Crippen LogP contribution in [0.5, 0.6) is 0 Å². The fourth-order valence-corrected chi connectivity index (χ4v) is 2.52. The number of carbonyl (C=O) groups excluding carboxylic acids is 1. The van der Waals surface area contributed by atoms with Gasteiger partial charge >= 0.3 is 0 Å². The van der Waals surface area contributed by atoms with Crippen LogP contribution in [0.25, 0.3) is 0 Å². The largest absolute Gasteiger partial charge is 0.357 e. The average molecular weight is 310 g/mol. The predicted octanol–water partition coefficient (Wildman–Crippen LogP) is 2.42. The van der Waals surface area contributed by atoms with Gasteiger partial charge in [0.25, 0.3) is 0 Å². The summed E-state index contributed by atoms with van der Waals surface area (Å²) in [4.78, 5) is 16.5. The molecular formula is C17H34N4O. The summed E-state index contributed by atoms with van der Waals surface area (Å²) in [5.41, 5.74) is 0. The zero-order valence-corrected chi connectivity index (χ0v) is 14.7. The van der Waals surface area contributed by atoms with Crippen molar-refractivity contribution >= 4 is 11.9 Å². The van der Waals surface area contributed by atoms with Crippen LogP contribution in [-0.4, -0.2) is 37.0 Å². The molecule has 0 spiro atoms. The number of nitrogens with one attached hydrogen (secondary N) is 3. The third kappa shape index (κ3) is 7.66. The van der Waals surface area contributed by atoms with Gasteiger partial charge in [0, 0.05) is 25.0 Å². The average Bonchev–Trinajstić information content (AvgIpc) is 2.48. The Labute approximate surface area is 135 Å². The smallest absolute Gasteiger partial charge is 0.222 e. The molecule has 5 nitrogen and oxygen atoms in total. The van der Waals surface area contributed by atoms with Gasteiger partial charge in [-0.3, -0.25) is 9.79 Å². The van der Waals surface area contributed by atoms with Crippen molar-refractivity contribution < 1.29 is 4.79 Å². The lowest BCUT2D eigenvalue weighted by atomic mass is 9.95. The Morgan fingerprint density at radius 2 is 1.86 bits per heavy atom. The van der Waals surface area contributed by atoms with Crippen LogP contribution in [0.3, 0.4) is 0 Å². The number of hydrogen-bond acceptors (Lipinski definition) is 2.